The van der Waals surface area contributed by atoms with E-state index in [1.54, 1.807) is 0 Å². The molecule has 3 heteroatoms. The fraction of sp³-hybridized carbons (Fsp3) is 0.444. The van der Waals surface area contributed by atoms with Crippen molar-refractivity contribution in [3.63, 3.8) is 0 Å². The Bertz CT molecular complexity index is 591. The second kappa shape index (κ2) is 6.35. The number of rotatable bonds is 5. The van der Waals surface area contributed by atoms with Crippen LogP contribution >= 0.6 is 0 Å². The van der Waals surface area contributed by atoms with Gasteiger partial charge in [-0.2, -0.15) is 0 Å². The Labute approximate surface area is 127 Å². The molecule has 0 saturated carbocycles. The molecule has 0 aliphatic rings. The third-order valence-corrected chi connectivity index (χ3v) is 4.05. The van der Waals surface area contributed by atoms with E-state index in [-0.39, 0.29) is 11.5 Å². The lowest BCUT2D eigenvalue weighted by Crippen LogP contribution is -2.25. The standard InChI is InChI=1S/C18H25N3/c1-6-19-13(2)16-12-20-17(21-14(16)3)18(4,5)15-10-8-7-9-11-15/h7-13,19H,6H2,1-5H3. The van der Waals surface area contributed by atoms with Crippen LogP contribution in [0, 0.1) is 6.92 Å². The molecule has 0 spiro atoms. The molecular weight excluding hydrogens is 258 g/mol. The van der Waals surface area contributed by atoms with E-state index in [1.807, 2.05) is 12.3 Å². The van der Waals surface area contributed by atoms with Crippen LogP contribution in [-0.4, -0.2) is 16.5 Å². The average Bonchev–Trinajstić information content (AvgIpc) is 2.48. The van der Waals surface area contributed by atoms with Crippen molar-refractivity contribution in [2.75, 3.05) is 6.54 Å². The van der Waals surface area contributed by atoms with Crippen LogP contribution in [0.4, 0.5) is 0 Å². The van der Waals surface area contributed by atoms with Crippen molar-refractivity contribution in [3.05, 3.63) is 59.2 Å². The molecule has 1 aromatic carbocycles. The molecule has 1 N–H and O–H groups in total. The zero-order chi connectivity index (χ0) is 15.5. The number of nitrogens with one attached hydrogen (secondary N) is 1. The largest absolute Gasteiger partial charge is 0.310 e. The summed E-state index contributed by atoms with van der Waals surface area (Å²) in [6, 6.07) is 10.7. The Morgan fingerprint density at radius 3 is 2.43 bits per heavy atom. The lowest BCUT2D eigenvalue weighted by molar-refractivity contribution is 0.563. The van der Waals surface area contributed by atoms with Crippen LogP contribution in [0.1, 0.15) is 56.4 Å². The number of aromatic nitrogens is 2. The smallest absolute Gasteiger partial charge is 0.138 e. The molecule has 0 bridgehead atoms. The minimum Gasteiger partial charge on any atom is -0.310 e. The average molecular weight is 283 g/mol. The molecule has 1 aromatic heterocycles. The summed E-state index contributed by atoms with van der Waals surface area (Å²) in [5, 5.41) is 3.41. The van der Waals surface area contributed by atoms with Crippen molar-refractivity contribution in [3.8, 4) is 0 Å². The number of hydrogen-bond acceptors (Lipinski definition) is 3. The topological polar surface area (TPSA) is 37.8 Å². The van der Waals surface area contributed by atoms with Gasteiger partial charge in [0.15, 0.2) is 0 Å². The van der Waals surface area contributed by atoms with Gasteiger partial charge in [-0.1, -0.05) is 37.3 Å². The summed E-state index contributed by atoms with van der Waals surface area (Å²) in [6.07, 6.45) is 1.97. The highest BCUT2D eigenvalue weighted by molar-refractivity contribution is 5.32. The normalized spacial score (nSPS) is 13.2. The molecule has 0 aliphatic carbocycles. The monoisotopic (exact) mass is 283 g/mol. The predicted octanol–water partition coefficient (Wildman–Crippen LogP) is 3.78. The molecule has 2 rings (SSSR count). The zero-order valence-electron chi connectivity index (χ0n) is 13.6. The Kier molecular flexibility index (Phi) is 4.73. The van der Waals surface area contributed by atoms with E-state index in [0.717, 1.165) is 18.1 Å². The fourth-order valence-electron chi connectivity index (χ4n) is 2.60. The van der Waals surface area contributed by atoms with Crippen molar-refractivity contribution < 1.29 is 0 Å². The van der Waals surface area contributed by atoms with Gasteiger partial charge in [0.1, 0.15) is 5.82 Å². The van der Waals surface area contributed by atoms with Crippen LogP contribution in [0.2, 0.25) is 0 Å². The molecule has 0 fully saturated rings. The maximum absolute atomic E-state index is 4.77. The maximum atomic E-state index is 4.77. The molecule has 3 nitrogen and oxygen atoms in total. The van der Waals surface area contributed by atoms with Crippen LogP contribution in [-0.2, 0) is 5.41 Å². The van der Waals surface area contributed by atoms with Crippen molar-refractivity contribution in [2.24, 2.45) is 0 Å². The first kappa shape index (κ1) is 15.6. The lowest BCUT2D eigenvalue weighted by atomic mass is 9.83. The first-order chi connectivity index (χ1) is 9.96. The molecule has 0 saturated heterocycles. The zero-order valence-corrected chi connectivity index (χ0v) is 13.6. The van der Waals surface area contributed by atoms with Gasteiger partial charge in [-0.05, 0) is 39.8 Å². The Hall–Kier alpha value is -1.74. The number of benzene rings is 1. The number of nitrogens with zero attached hydrogens (tertiary/aromatic N) is 2. The molecule has 0 radical (unpaired) electrons. The van der Waals surface area contributed by atoms with Crippen molar-refractivity contribution in [2.45, 2.75) is 46.1 Å². The van der Waals surface area contributed by atoms with E-state index in [9.17, 15) is 0 Å². The summed E-state index contributed by atoms with van der Waals surface area (Å²) in [4.78, 5) is 9.41. The van der Waals surface area contributed by atoms with Crippen LogP contribution in [0.25, 0.3) is 0 Å². The highest BCUT2D eigenvalue weighted by Crippen LogP contribution is 2.29. The third kappa shape index (κ3) is 3.30. The fourth-order valence-corrected chi connectivity index (χ4v) is 2.60. The molecule has 1 unspecified atom stereocenters. The molecule has 0 amide bonds. The van der Waals surface area contributed by atoms with Gasteiger partial charge in [0, 0.05) is 28.9 Å². The summed E-state index contributed by atoms with van der Waals surface area (Å²) in [6.45, 7) is 11.6. The summed E-state index contributed by atoms with van der Waals surface area (Å²) in [5.74, 6) is 0.874. The highest BCUT2D eigenvalue weighted by atomic mass is 14.9. The molecule has 2 aromatic rings. The Morgan fingerprint density at radius 2 is 1.86 bits per heavy atom. The first-order valence-electron chi connectivity index (χ1n) is 7.59. The second-order valence-electron chi connectivity index (χ2n) is 6.00. The van der Waals surface area contributed by atoms with Gasteiger partial charge < -0.3 is 5.32 Å². The van der Waals surface area contributed by atoms with Crippen molar-refractivity contribution >= 4 is 0 Å². The SMILES string of the molecule is CCNC(C)c1cnc(C(C)(C)c2ccccc2)nc1C. The van der Waals surface area contributed by atoms with Crippen LogP contribution in [0.5, 0.6) is 0 Å². The predicted molar refractivity (Wildman–Crippen MR) is 87.4 cm³/mol. The van der Waals surface area contributed by atoms with E-state index < -0.39 is 0 Å². The van der Waals surface area contributed by atoms with Crippen LogP contribution < -0.4 is 5.32 Å². The Balaban J connectivity index is 2.36. The van der Waals surface area contributed by atoms with Crippen LogP contribution in [0.15, 0.2) is 36.5 Å². The minimum absolute atomic E-state index is 0.189. The van der Waals surface area contributed by atoms with Gasteiger partial charge in [-0.3, -0.25) is 0 Å². The summed E-state index contributed by atoms with van der Waals surface area (Å²) in [7, 11) is 0. The molecule has 0 aliphatic heterocycles. The van der Waals surface area contributed by atoms with E-state index >= 15 is 0 Å². The van der Waals surface area contributed by atoms with Gasteiger partial charge in [-0.25, -0.2) is 9.97 Å². The summed E-state index contributed by atoms with van der Waals surface area (Å²) < 4.78 is 0. The van der Waals surface area contributed by atoms with Gasteiger partial charge in [-0.15, -0.1) is 0 Å². The third-order valence-electron chi connectivity index (χ3n) is 4.05. The summed E-state index contributed by atoms with van der Waals surface area (Å²) >= 11 is 0. The van der Waals surface area contributed by atoms with Gasteiger partial charge in [0.25, 0.3) is 0 Å². The van der Waals surface area contributed by atoms with E-state index in [0.29, 0.717) is 0 Å². The second-order valence-corrected chi connectivity index (χ2v) is 6.00. The molecule has 21 heavy (non-hydrogen) atoms. The van der Waals surface area contributed by atoms with Crippen molar-refractivity contribution in [1.82, 2.24) is 15.3 Å². The van der Waals surface area contributed by atoms with Crippen LogP contribution in [0.3, 0.4) is 0 Å². The molecular formula is C18H25N3. The molecule has 1 heterocycles. The van der Waals surface area contributed by atoms with E-state index in [1.165, 1.54) is 11.1 Å². The van der Waals surface area contributed by atoms with E-state index in [2.05, 4.69) is 69.2 Å². The quantitative estimate of drug-likeness (QED) is 0.907. The van der Waals surface area contributed by atoms with E-state index in [4.69, 9.17) is 4.98 Å². The van der Waals surface area contributed by atoms with Gasteiger partial charge in [0.05, 0.1) is 0 Å². The van der Waals surface area contributed by atoms with Gasteiger partial charge >= 0.3 is 0 Å². The maximum Gasteiger partial charge on any atom is 0.138 e. The lowest BCUT2D eigenvalue weighted by Gasteiger charge is -2.25. The van der Waals surface area contributed by atoms with Crippen molar-refractivity contribution in [1.29, 1.82) is 0 Å². The first-order valence-corrected chi connectivity index (χ1v) is 7.59. The number of hydrogen-bond donors (Lipinski definition) is 1. The highest BCUT2D eigenvalue weighted by Gasteiger charge is 2.26. The minimum atomic E-state index is -0.189. The molecule has 1 atom stereocenters. The Morgan fingerprint density at radius 1 is 1.19 bits per heavy atom. The molecule has 112 valence electrons. The van der Waals surface area contributed by atoms with Gasteiger partial charge in [0.2, 0.25) is 0 Å². The summed E-state index contributed by atoms with van der Waals surface area (Å²) in [5.41, 5.74) is 3.27. The number of aryl methyl sites for hydroxylation is 1.